The Kier molecular flexibility index (Phi) is 3.22. The first kappa shape index (κ1) is 14.1. The number of likely N-dealkylation sites (tertiary alicyclic amines) is 1. The Balaban J connectivity index is 1.66. The zero-order chi connectivity index (χ0) is 16.0. The highest BCUT2D eigenvalue weighted by Crippen LogP contribution is 2.33. The van der Waals surface area contributed by atoms with Gasteiger partial charge < -0.3 is 9.32 Å². The molecule has 118 valence electrons. The number of aryl methyl sites for hydroxylation is 2. The smallest absolute Gasteiger partial charge is 0.290 e. The van der Waals surface area contributed by atoms with E-state index in [0.717, 1.165) is 41.5 Å². The summed E-state index contributed by atoms with van der Waals surface area (Å²) in [6, 6.07) is 7.89. The minimum absolute atomic E-state index is 0.0368. The van der Waals surface area contributed by atoms with Gasteiger partial charge in [0.2, 0.25) is 0 Å². The second kappa shape index (κ2) is 5.26. The second-order valence-electron chi connectivity index (χ2n) is 6.26. The van der Waals surface area contributed by atoms with Crippen LogP contribution in [0.2, 0.25) is 0 Å². The first-order valence-corrected chi connectivity index (χ1v) is 7.91. The van der Waals surface area contributed by atoms with Crippen LogP contribution in [0, 0.1) is 6.92 Å². The van der Waals surface area contributed by atoms with E-state index in [2.05, 4.69) is 5.10 Å². The van der Waals surface area contributed by atoms with Crippen LogP contribution < -0.4 is 0 Å². The summed E-state index contributed by atoms with van der Waals surface area (Å²) in [4.78, 5) is 14.8. The lowest BCUT2D eigenvalue weighted by Gasteiger charge is -2.22. The van der Waals surface area contributed by atoms with Crippen molar-refractivity contribution in [2.24, 2.45) is 7.05 Å². The molecule has 23 heavy (non-hydrogen) atoms. The quantitative estimate of drug-likeness (QED) is 0.728. The molecule has 0 unspecified atom stereocenters. The van der Waals surface area contributed by atoms with Crippen molar-refractivity contribution in [2.75, 3.05) is 6.54 Å². The Bertz CT molecular complexity index is 877. The molecule has 1 saturated heterocycles. The van der Waals surface area contributed by atoms with Crippen molar-refractivity contribution in [1.29, 1.82) is 0 Å². The van der Waals surface area contributed by atoms with Crippen LogP contribution in [0.3, 0.4) is 0 Å². The number of nitrogens with zero attached hydrogens (tertiary/aromatic N) is 3. The standard InChI is InChI=1S/C18H19N3O2/c1-12-5-6-16-13(8-12)9-17(23-16)18(22)21-7-3-4-15(21)14-10-19-20(2)11-14/h5-6,8-11,15H,3-4,7H2,1-2H3/t15-/m0/s1. The molecule has 1 amide bonds. The minimum atomic E-state index is -0.0368. The van der Waals surface area contributed by atoms with E-state index in [9.17, 15) is 4.79 Å². The zero-order valence-electron chi connectivity index (χ0n) is 13.3. The van der Waals surface area contributed by atoms with Gasteiger partial charge in [0.25, 0.3) is 5.91 Å². The molecule has 0 N–H and O–H groups in total. The van der Waals surface area contributed by atoms with Gasteiger partial charge in [0.15, 0.2) is 5.76 Å². The third-order valence-corrected chi connectivity index (χ3v) is 4.51. The first-order chi connectivity index (χ1) is 11.1. The number of carbonyl (C=O) groups excluding carboxylic acids is 1. The van der Waals surface area contributed by atoms with E-state index >= 15 is 0 Å². The maximum Gasteiger partial charge on any atom is 0.290 e. The summed E-state index contributed by atoms with van der Waals surface area (Å²) in [5.74, 6) is 0.381. The van der Waals surface area contributed by atoms with Crippen molar-refractivity contribution in [3.63, 3.8) is 0 Å². The molecule has 1 aliphatic heterocycles. The molecule has 3 aromatic rings. The van der Waals surface area contributed by atoms with Crippen LogP contribution in [-0.4, -0.2) is 27.1 Å². The molecule has 1 atom stereocenters. The van der Waals surface area contributed by atoms with Crippen molar-refractivity contribution in [1.82, 2.24) is 14.7 Å². The highest BCUT2D eigenvalue weighted by Gasteiger charge is 2.32. The Hall–Kier alpha value is -2.56. The van der Waals surface area contributed by atoms with E-state index in [1.165, 1.54) is 0 Å². The highest BCUT2D eigenvalue weighted by atomic mass is 16.3. The van der Waals surface area contributed by atoms with E-state index < -0.39 is 0 Å². The molecule has 0 bridgehead atoms. The van der Waals surface area contributed by atoms with Gasteiger partial charge in [-0.2, -0.15) is 5.10 Å². The van der Waals surface area contributed by atoms with Gasteiger partial charge in [-0.3, -0.25) is 9.48 Å². The largest absolute Gasteiger partial charge is 0.451 e. The van der Waals surface area contributed by atoms with E-state index in [1.54, 1.807) is 4.68 Å². The van der Waals surface area contributed by atoms with Crippen molar-refractivity contribution in [2.45, 2.75) is 25.8 Å². The lowest BCUT2D eigenvalue weighted by atomic mass is 10.1. The Morgan fingerprint density at radius 3 is 3.00 bits per heavy atom. The van der Waals surface area contributed by atoms with Crippen LogP contribution in [0.5, 0.6) is 0 Å². The Labute approximate surface area is 134 Å². The van der Waals surface area contributed by atoms with Gasteiger partial charge in [-0.15, -0.1) is 0 Å². The molecule has 5 nitrogen and oxygen atoms in total. The number of amides is 1. The molecular weight excluding hydrogens is 290 g/mol. The third-order valence-electron chi connectivity index (χ3n) is 4.51. The summed E-state index contributed by atoms with van der Waals surface area (Å²) in [6.07, 6.45) is 5.80. The number of rotatable bonds is 2. The second-order valence-corrected chi connectivity index (χ2v) is 6.26. The number of carbonyl (C=O) groups is 1. The molecule has 2 aromatic heterocycles. The molecule has 0 aliphatic carbocycles. The Morgan fingerprint density at radius 1 is 1.35 bits per heavy atom. The SMILES string of the molecule is Cc1ccc2oc(C(=O)N3CCC[C@H]3c3cnn(C)c3)cc2c1. The molecule has 1 fully saturated rings. The molecule has 0 radical (unpaired) electrons. The number of hydrogen-bond acceptors (Lipinski definition) is 3. The van der Waals surface area contributed by atoms with Crippen molar-refractivity contribution in [3.05, 3.63) is 53.5 Å². The van der Waals surface area contributed by atoms with Crippen molar-refractivity contribution >= 4 is 16.9 Å². The van der Waals surface area contributed by atoms with Gasteiger partial charge in [-0.25, -0.2) is 0 Å². The molecule has 1 aromatic carbocycles. The third kappa shape index (κ3) is 2.42. The molecule has 4 rings (SSSR count). The first-order valence-electron chi connectivity index (χ1n) is 7.91. The van der Waals surface area contributed by atoms with E-state index in [-0.39, 0.29) is 11.9 Å². The number of furan rings is 1. The summed E-state index contributed by atoms with van der Waals surface area (Å²) in [5.41, 5.74) is 3.01. The number of benzene rings is 1. The van der Waals surface area contributed by atoms with Crippen molar-refractivity contribution in [3.8, 4) is 0 Å². The summed E-state index contributed by atoms with van der Waals surface area (Å²) >= 11 is 0. The maximum atomic E-state index is 12.9. The van der Waals surface area contributed by atoms with Crippen LogP contribution in [-0.2, 0) is 7.05 Å². The normalized spacial score (nSPS) is 18.0. The van der Waals surface area contributed by atoms with Gasteiger partial charge in [0.1, 0.15) is 5.58 Å². The molecule has 5 heteroatoms. The fourth-order valence-electron chi connectivity index (χ4n) is 3.38. The predicted molar refractivity (Wildman–Crippen MR) is 87.2 cm³/mol. The lowest BCUT2D eigenvalue weighted by Crippen LogP contribution is -2.30. The number of fused-ring (bicyclic) bond motifs is 1. The highest BCUT2D eigenvalue weighted by molar-refractivity contribution is 5.96. The molecule has 0 spiro atoms. The van der Waals surface area contributed by atoms with E-state index in [0.29, 0.717) is 5.76 Å². The van der Waals surface area contributed by atoms with Crippen LogP contribution in [0.1, 0.15) is 40.6 Å². The van der Waals surface area contributed by atoms with Gasteiger partial charge >= 0.3 is 0 Å². The number of aromatic nitrogens is 2. The number of hydrogen-bond donors (Lipinski definition) is 0. The summed E-state index contributed by atoms with van der Waals surface area (Å²) in [7, 11) is 1.90. The van der Waals surface area contributed by atoms with Gasteiger partial charge in [-0.05, 0) is 38.0 Å². The Morgan fingerprint density at radius 2 is 2.22 bits per heavy atom. The molecule has 1 aliphatic rings. The molecule has 0 saturated carbocycles. The average Bonchev–Trinajstić information content (AvgIpc) is 3.23. The maximum absolute atomic E-state index is 12.9. The summed E-state index contributed by atoms with van der Waals surface area (Å²) in [6.45, 7) is 2.79. The van der Waals surface area contributed by atoms with Gasteiger partial charge in [-0.1, -0.05) is 11.6 Å². The fourth-order valence-corrected chi connectivity index (χ4v) is 3.38. The lowest BCUT2D eigenvalue weighted by molar-refractivity contribution is 0.0705. The van der Waals surface area contributed by atoms with E-state index in [4.69, 9.17) is 4.42 Å². The van der Waals surface area contributed by atoms with Crippen LogP contribution >= 0.6 is 0 Å². The van der Waals surface area contributed by atoms with Gasteiger partial charge in [0, 0.05) is 30.7 Å². The monoisotopic (exact) mass is 309 g/mol. The fraction of sp³-hybridized carbons (Fsp3) is 0.333. The van der Waals surface area contributed by atoms with Crippen LogP contribution in [0.4, 0.5) is 0 Å². The van der Waals surface area contributed by atoms with Crippen LogP contribution in [0.25, 0.3) is 11.0 Å². The van der Waals surface area contributed by atoms with Crippen molar-refractivity contribution < 1.29 is 9.21 Å². The molecule has 3 heterocycles. The summed E-state index contributed by atoms with van der Waals surface area (Å²) in [5, 5.41) is 5.20. The van der Waals surface area contributed by atoms with Gasteiger partial charge in [0.05, 0.1) is 12.2 Å². The topological polar surface area (TPSA) is 51.3 Å². The average molecular weight is 309 g/mol. The zero-order valence-corrected chi connectivity index (χ0v) is 13.3. The predicted octanol–water partition coefficient (Wildman–Crippen LogP) is 3.45. The molecular formula is C18H19N3O2. The van der Waals surface area contributed by atoms with E-state index in [1.807, 2.05) is 55.5 Å². The minimum Gasteiger partial charge on any atom is -0.451 e. The summed E-state index contributed by atoms with van der Waals surface area (Å²) < 4.78 is 7.55. The van der Waals surface area contributed by atoms with Crippen LogP contribution in [0.15, 0.2) is 41.1 Å².